The summed E-state index contributed by atoms with van der Waals surface area (Å²) in [6, 6.07) is 139. The van der Waals surface area contributed by atoms with Crippen LogP contribution in [-0.4, -0.2) is 18.3 Å². The maximum absolute atomic E-state index is 6.61. The highest BCUT2D eigenvalue weighted by Crippen LogP contribution is 2.48. The summed E-state index contributed by atoms with van der Waals surface area (Å²) < 4.78 is 35.5. The zero-order valence-electron chi connectivity index (χ0n) is 62.4. The fraction of sp³-hybridized carbons (Fsp3) is 0. The predicted octanol–water partition coefficient (Wildman–Crippen LogP) is 30.0. The third-order valence-electron chi connectivity index (χ3n) is 24.2. The lowest BCUT2D eigenvalue weighted by Crippen LogP contribution is -1.94. The number of furan rings is 4. The number of benzene rings is 18. The lowest BCUT2D eigenvalue weighted by Gasteiger charge is -2.11. The molecule has 0 N–H and O–H groups in total. The predicted molar refractivity (Wildman–Crippen MR) is 481 cm³/mol. The van der Waals surface area contributed by atoms with E-state index in [1.165, 1.54) is 115 Å². The largest absolute Gasteiger partial charge is 0.456 e. The summed E-state index contributed by atoms with van der Waals surface area (Å²) in [7, 11) is 0. The number of aromatic nitrogens is 4. The van der Waals surface area contributed by atoms with E-state index in [9.17, 15) is 0 Å². The first-order chi connectivity index (χ1) is 57.5. The van der Waals surface area contributed by atoms with Gasteiger partial charge in [0.1, 0.15) is 44.7 Å². The van der Waals surface area contributed by atoms with Crippen LogP contribution in [-0.2, 0) is 0 Å². The molecule has 0 spiro atoms. The molecule has 26 aromatic rings. The second-order valence-electron chi connectivity index (χ2n) is 30.5. The molecule has 0 aliphatic rings. The Morgan fingerprint density at radius 1 is 0.147 bits per heavy atom. The molecule has 0 fully saturated rings. The normalized spacial score (nSPS) is 12.1. The molecule has 26 rings (SSSR count). The van der Waals surface area contributed by atoms with Crippen LogP contribution < -0.4 is 0 Å². The maximum Gasteiger partial charge on any atom is 0.147 e. The summed E-state index contributed by atoms with van der Waals surface area (Å²) in [4.78, 5) is 0. The smallest absolute Gasteiger partial charge is 0.147 e. The Balaban J connectivity index is 0.000000130. The lowest BCUT2D eigenvalue weighted by atomic mass is 9.98. The van der Waals surface area contributed by atoms with Gasteiger partial charge in [-0.3, -0.25) is 0 Å². The first kappa shape index (κ1) is 64.1. The fourth-order valence-corrected chi connectivity index (χ4v) is 19.0. The standard InChI is InChI=1S/2C54H32N2O2/c1-2-12-36(13-3-1)55-46-18-8-4-14-38(46)42-30-34(24-28-48(42)55)35-25-29-49-43(31-35)39-15-5-9-19-47(39)56(49)37-26-22-33(23-27-37)52-53-44(40-16-6-10-20-50(40)57-53)32-45-41-17-7-11-21-51(41)58-54(45)52;1-2-11-36(12-3-1)55-47-18-7-4-13-39(47)43-29-34(23-27-49(43)55)35-24-28-50-44(30-35)40-14-5-8-19-48(40)56(50)37-25-21-33(22-26-37)38-16-10-17-42-46-31-45-41-15-6-9-20-51(41)57-52(45)32-53(46)58-54(38)42/h2*1-32H. The number of fused-ring (bicyclic) bond motifs is 24. The number of para-hydroxylation sites is 10. The van der Waals surface area contributed by atoms with Crippen molar-refractivity contribution in [1.29, 1.82) is 0 Å². The lowest BCUT2D eigenvalue weighted by molar-refractivity contribution is 0.656. The van der Waals surface area contributed by atoms with E-state index in [0.29, 0.717) is 0 Å². The number of nitrogens with zero attached hydrogens (tertiary/aromatic N) is 4. The van der Waals surface area contributed by atoms with Crippen LogP contribution in [0.3, 0.4) is 0 Å². The van der Waals surface area contributed by atoms with Gasteiger partial charge in [-0.05, 0) is 185 Å². The molecule has 0 saturated carbocycles. The first-order valence-corrected chi connectivity index (χ1v) is 39.5. The third-order valence-corrected chi connectivity index (χ3v) is 24.2. The zero-order valence-corrected chi connectivity index (χ0v) is 62.4. The molecule has 8 aromatic heterocycles. The highest BCUT2D eigenvalue weighted by Gasteiger charge is 2.25. The molecule has 0 radical (unpaired) electrons. The monoisotopic (exact) mass is 1480 g/mol. The molecule has 18 aromatic carbocycles. The van der Waals surface area contributed by atoms with Gasteiger partial charge in [0.25, 0.3) is 0 Å². The summed E-state index contributed by atoms with van der Waals surface area (Å²) in [6.45, 7) is 0. The van der Waals surface area contributed by atoms with Gasteiger partial charge in [-0.2, -0.15) is 0 Å². The third kappa shape index (κ3) is 9.62. The van der Waals surface area contributed by atoms with Gasteiger partial charge in [-0.25, -0.2) is 0 Å². The van der Waals surface area contributed by atoms with Gasteiger partial charge >= 0.3 is 0 Å². The molecular formula is C108H64N4O4. The molecule has 0 amide bonds. The molecule has 8 heteroatoms. The van der Waals surface area contributed by atoms with Crippen molar-refractivity contribution in [2.75, 3.05) is 0 Å². The summed E-state index contributed by atoms with van der Waals surface area (Å²) >= 11 is 0. The van der Waals surface area contributed by atoms with Gasteiger partial charge in [0.15, 0.2) is 0 Å². The van der Waals surface area contributed by atoms with Crippen molar-refractivity contribution in [1.82, 2.24) is 18.3 Å². The van der Waals surface area contributed by atoms with Crippen molar-refractivity contribution in [3.05, 3.63) is 388 Å². The van der Waals surface area contributed by atoms with E-state index in [1.807, 2.05) is 42.5 Å². The van der Waals surface area contributed by atoms with Gasteiger partial charge in [0.05, 0.1) is 49.7 Å². The molecule has 116 heavy (non-hydrogen) atoms. The molecule has 0 atom stereocenters. The zero-order chi connectivity index (χ0) is 75.8. The van der Waals surface area contributed by atoms with Crippen molar-refractivity contribution in [2.24, 2.45) is 0 Å². The van der Waals surface area contributed by atoms with E-state index in [1.54, 1.807) is 0 Å². The highest BCUT2D eigenvalue weighted by molar-refractivity contribution is 6.23. The van der Waals surface area contributed by atoms with E-state index in [0.717, 1.165) is 127 Å². The number of hydrogen-bond acceptors (Lipinski definition) is 4. The summed E-state index contributed by atoms with van der Waals surface area (Å²) in [5.74, 6) is 0. The van der Waals surface area contributed by atoms with Gasteiger partial charge < -0.3 is 35.9 Å². The molecule has 0 aliphatic carbocycles. The molecule has 540 valence electrons. The minimum absolute atomic E-state index is 0.828. The Hall–Kier alpha value is -15.6. The van der Waals surface area contributed by atoms with Crippen LogP contribution in [0.4, 0.5) is 0 Å². The molecule has 8 nitrogen and oxygen atoms in total. The number of rotatable bonds is 8. The Kier molecular flexibility index (Phi) is 13.8. The molecule has 0 unspecified atom stereocenters. The second kappa shape index (κ2) is 24.9. The van der Waals surface area contributed by atoms with Gasteiger partial charge in [-0.1, -0.05) is 231 Å². The van der Waals surface area contributed by atoms with Crippen LogP contribution in [0.2, 0.25) is 0 Å². The van der Waals surface area contributed by atoms with Crippen LogP contribution >= 0.6 is 0 Å². The van der Waals surface area contributed by atoms with Gasteiger partial charge in [-0.15, -0.1) is 0 Å². The second-order valence-corrected chi connectivity index (χ2v) is 30.5. The van der Waals surface area contributed by atoms with Crippen LogP contribution in [0.25, 0.3) is 242 Å². The van der Waals surface area contributed by atoms with Crippen molar-refractivity contribution in [3.8, 4) is 67.3 Å². The Labute approximate surface area is 662 Å². The SMILES string of the molecule is c1ccc(-n2c3ccccc3c3cc(-c4ccc5c(c4)c4ccccc4n5-c4ccc(-c5c6oc7ccccc7c6cc6c5oc5ccccc56)cc4)ccc32)cc1.c1ccc(-n2c3ccccc3c3cc(-c4ccc5c(c4)c4ccccc4n5-c4ccc(-c5cccc6c5oc5cc7oc8ccccc8c7cc56)cc4)ccc32)cc1. The van der Waals surface area contributed by atoms with E-state index in [-0.39, 0.29) is 0 Å². The molecule has 0 saturated heterocycles. The Bertz CT molecular complexity index is 8480. The molecule has 0 aliphatic heterocycles. The molecular weight excluding hydrogens is 1420 g/mol. The van der Waals surface area contributed by atoms with E-state index in [4.69, 9.17) is 17.7 Å². The molecule has 8 heterocycles. The van der Waals surface area contributed by atoms with Crippen LogP contribution in [0.15, 0.2) is 406 Å². The average molecular weight is 1480 g/mol. The Morgan fingerprint density at radius 2 is 0.440 bits per heavy atom. The molecule has 0 bridgehead atoms. The quantitative estimate of drug-likeness (QED) is 0.152. The topological polar surface area (TPSA) is 72.3 Å². The highest BCUT2D eigenvalue weighted by atomic mass is 16.4. The fourth-order valence-electron chi connectivity index (χ4n) is 19.0. The van der Waals surface area contributed by atoms with E-state index >= 15 is 0 Å². The summed E-state index contributed by atoms with van der Waals surface area (Å²) in [6.07, 6.45) is 0. The van der Waals surface area contributed by atoms with Crippen LogP contribution in [0, 0.1) is 0 Å². The summed E-state index contributed by atoms with van der Waals surface area (Å²) in [5.41, 5.74) is 29.9. The minimum atomic E-state index is 0.828. The summed E-state index contributed by atoms with van der Waals surface area (Å²) in [5, 5.41) is 18.7. The van der Waals surface area contributed by atoms with Crippen LogP contribution in [0.1, 0.15) is 0 Å². The first-order valence-electron chi connectivity index (χ1n) is 39.5. The van der Waals surface area contributed by atoms with E-state index in [2.05, 4.69) is 364 Å². The minimum Gasteiger partial charge on any atom is -0.456 e. The Morgan fingerprint density at radius 3 is 0.862 bits per heavy atom. The van der Waals surface area contributed by atoms with Crippen molar-refractivity contribution >= 4 is 175 Å². The number of hydrogen-bond donors (Lipinski definition) is 0. The van der Waals surface area contributed by atoms with Crippen molar-refractivity contribution in [3.63, 3.8) is 0 Å². The van der Waals surface area contributed by atoms with Crippen molar-refractivity contribution in [2.45, 2.75) is 0 Å². The average Bonchev–Trinajstić information content (AvgIpc) is 1.57. The van der Waals surface area contributed by atoms with Crippen molar-refractivity contribution < 1.29 is 17.7 Å². The van der Waals surface area contributed by atoms with Gasteiger partial charge in [0, 0.05) is 121 Å². The van der Waals surface area contributed by atoms with Gasteiger partial charge in [0.2, 0.25) is 0 Å². The maximum atomic E-state index is 6.61. The van der Waals surface area contributed by atoms with Crippen LogP contribution in [0.5, 0.6) is 0 Å². The van der Waals surface area contributed by atoms with E-state index < -0.39 is 0 Å².